The summed E-state index contributed by atoms with van der Waals surface area (Å²) in [7, 11) is -3.04. The van der Waals surface area contributed by atoms with Crippen LogP contribution in [0.25, 0.3) is 10.2 Å². The van der Waals surface area contributed by atoms with E-state index in [0.717, 1.165) is 23.1 Å². The molecule has 2 atom stereocenters. The third-order valence-electron chi connectivity index (χ3n) is 5.73. The highest BCUT2D eigenvalue weighted by Crippen LogP contribution is 2.39. The molecule has 1 saturated heterocycles. The van der Waals surface area contributed by atoms with Gasteiger partial charge in [0.15, 0.2) is 15.0 Å². The molecule has 1 fully saturated rings. The van der Waals surface area contributed by atoms with E-state index in [1.54, 1.807) is 16.2 Å². The van der Waals surface area contributed by atoms with Gasteiger partial charge in [0.2, 0.25) is 5.91 Å². The summed E-state index contributed by atoms with van der Waals surface area (Å²) in [6.45, 7) is 4.20. The number of amides is 1. The number of hydrogen-bond acceptors (Lipinski definition) is 8. The lowest BCUT2D eigenvalue weighted by atomic mass is 9.97. The molecule has 2 aliphatic rings. The first-order valence-corrected chi connectivity index (χ1v) is 13.6. The number of anilines is 1. The number of nitrogens with zero attached hydrogens (tertiary/aromatic N) is 3. The Morgan fingerprint density at radius 1 is 1.34 bits per heavy atom. The van der Waals surface area contributed by atoms with Gasteiger partial charge in [0.25, 0.3) is 0 Å². The zero-order chi connectivity index (χ0) is 20.8. The molecule has 0 saturated carbocycles. The van der Waals surface area contributed by atoms with Crippen LogP contribution in [0, 0.1) is 0 Å². The molecule has 158 valence electrons. The summed E-state index contributed by atoms with van der Waals surface area (Å²) < 4.78 is 23.6. The van der Waals surface area contributed by atoms with Crippen molar-refractivity contribution in [3.05, 3.63) is 10.4 Å². The fourth-order valence-corrected chi connectivity index (χ4v) is 8.18. The van der Waals surface area contributed by atoms with Crippen LogP contribution in [0.5, 0.6) is 0 Å². The number of carbonyl (C=O) groups is 1. The van der Waals surface area contributed by atoms with E-state index in [1.165, 1.54) is 35.0 Å². The Bertz CT molecular complexity index is 1050. The fraction of sp³-hybridized carbons (Fsp3) is 0.632. The third kappa shape index (κ3) is 4.11. The smallest absolute Gasteiger partial charge is 0.236 e. The van der Waals surface area contributed by atoms with E-state index >= 15 is 0 Å². The molecule has 1 amide bonds. The molecule has 29 heavy (non-hydrogen) atoms. The average Bonchev–Trinajstić information content (AvgIpc) is 3.21. The predicted molar refractivity (Wildman–Crippen MR) is 118 cm³/mol. The summed E-state index contributed by atoms with van der Waals surface area (Å²) in [6.07, 6.45) is 4.98. The van der Waals surface area contributed by atoms with Crippen LogP contribution < -0.4 is 5.73 Å². The number of thiophene rings is 1. The van der Waals surface area contributed by atoms with Crippen LogP contribution in [0.2, 0.25) is 0 Å². The monoisotopic (exact) mass is 454 g/mol. The molecule has 3 heterocycles. The highest BCUT2D eigenvalue weighted by Gasteiger charge is 2.35. The number of rotatable bonds is 5. The molecule has 2 aromatic rings. The molecule has 10 heteroatoms. The van der Waals surface area contributed by atoms with Crippen LogP contribution >= 0.6 is 23.1 Å². The maximum absolute atomic E-state index is 13.0. The number of aryl methyl sites for hydroxylation is 2. The van der Waals surface area contributed by atoms with Crippen molar-refractivity contribution in [1.82, 2.24) is 14.9 Å². The molecule has 7 nitrogen and oxygen atoms in total. The van der Waals surface area contributed by atoms with Gasteiger partial charge in [0.1, 0.15) is 10.6 Å². The van der Waals surface area contributed by atoms with Crippen molar-refractivity contribution in [1.29, 1.82) is 0 Å². The number of thioether (sulfide) groups is 1. The van der Waals surface area contributed by atoms with Crippen molar-refractivity contribution in [2.75, 3.05) is 23.8 Å². The summed E-state index contributed by atoms with van der Waals surface area (Å²) >= 11 is 2.98. The summed E-state index contributed by atoms with van der Waals surface area (Å²) in [5.41, 5.74) is 7.57. The van der Waals surface area contributed by atoms with Gasteiger partial charge < -0.3 is 10.6 Å². The van der Waals surface area contributed by atoms with Crippen LogP contribution in [0.4, 0.5) is 5.82 Å². The van der Waals surface area contributed by atoms with Gasteiger partial charge in [-0.3, -0.25) is 4.79 Å². The lowest BCUT2D eigenvalue weighted by Crippen LogP contribution is -2.44. The third-order valence-corrected chi connectivity index (χ3v) is 9.61. The normalized spacial score (nSPS) is 21.8. The summed E-state index contributed by atoms with van der Waals surface area (Å²) in [6, 6.07) is -0.238. The molecule has 0 bridgehead atoms. The quantitative estimate of drug-likeness (QED) is 0.547. The van der Waals surface area contributed by atoms with Crippen LogP contribution in [-0.2, 0) is 27.5 Å². The van der Waals surface area contributed by atoms with Crippen LogP contribution in [0.3, 0.4) is 0 Å². The topological polar surface area (TPSA) is 106 Å². The van der Waals surface area contributed by atoms with Crippen molar-refractivity contribution in [3.8, 4) is 0 Å². The Morgan fingerprint density at radius 2 is 2.10 bits per heavy atom. The number of carbonyl (C=O) groups excluding carboxylic acids is 1. The SMILES string of the molecule is CCN(C(=O)[C@@H](C)Sc1nc(N)c2c3c(sc2n1)CCCC3)[C@@H]1CCS(=O)(=O)C1. The zero-order valence-corrected chi connectivity index (χ0v) is 19.1. The van der Waals surface area contributed by atoms with Crippen LogP contribution in [-0.4, -0.2) is 58.5 Å². The van der Waals surface area contributed by atoms with Gasteiger partial charge in [0.05, 0.1) is 22.1 Å². The van der Waals surface area contributed by atoms with E-state index in [0.29, 0.717) is 23.9 Å². The first kappa shape index (κ1) is 20.9. The number of nitrogen functional groups attached to an aromatic ring is 1. The van der Waals surface area contributed by atoms with Crippen LogP contribution in [0.1, 0.15) is 43.6 Å². The van der Waals surface area contributed by atoms with Crippen LogP contribution in [0.15, 0.2) is 5.16 Å². The summed E-state index contributed by atoms with van der Waals surface area (Å²) in [5, 5.41) is 1.08. The Kier molecular flexibility index (Phi) is 5.78. The van der Waals surface area contributed by atoms with Gasteiger partial charge in [-0.1, -0.05) is 11.8 Å². The zero-order valence-electron chi connectivity index (χ0n) is 16.7. The molecule has 4 rings (SSSR count). The minimum Gasteiger partial charge on any atom is -0.383 e. The van der Waals surface area contributed by atoms with E-state index in [1.807, 2.05) is 13.8 Å². The maximum atomic E-state index is 13.0. The minimum atomic E-state index is -3.04. The Balaban J connectivity index is 1.53. The highest BCUT2D eigenvalue weighted by molar-refractivity contribution is 8.00. The summed E-state index contributed by atoms with van der Waals surface area (Å²) in [5.74, 6) is 0.626. The Morgan fingerprint density at radius 3 is 2.79 bits per heavy atom. The first-order chi connectivity index (χ1) is 13.8. The lowest BCUT2D eigenvalue weighted by molar-refractivity contribution is -0.131. The highest BCUT2D eigenvalue weighted by atomic mass is 32.2. The van der Waals surface area contributed by atoms with Gasteiger partial charge in [-0.2, -0.15) is 0 Å². The minimum absolute atomic E-state index is 0.0557. The molecular formula is C19H26N4O3S3. The van der Waals surface area contributed by atoms with Crippen molar-refractivity contribution < 1.29 is 13.2 Å². The fourth-order valence-electron chi connectivity index (χ4n) is 4.28. The molecule has 2 N–H and O–H groups in total. The predicted octanol–water partition coefficient (Wildman–Crippen LogP) is 2.67. The Labute approximate surface area is 179 Å². The molecule has 2 aromatic heterocycles. The first-order valence-electron chi connectivity index (χ1n) is 10.0. The van der Waals surface area contributed by atoms with E-state index < -0.39 is 15.1 Å². The second kappa shape index (κ2) is 8.03. The molecule has 0 spiro atoms. The second-order valence-corrected chi connectivity index (χ2v) is 12.3. The van der Waals surface area contributed by atoms with Crippen molar-refractivity contribution in [3.63, 3.8) is 0 Å². The van der Waals surface area contributed by atoms with Crippen molar-refractivity contribution >= 4 is 54.9 Å². The van der Waals surface area contributed by atoms with Crippen molar-refractivity contribution in [2.45, 2.75) is 62.4 Å². The van der Waals surface area contributed by atoms with E-state index in [2.05, 4.69) is 4.98 Å². The number of hydrogen-bond donors (Lipinski definition) is 1. The molecular weight excluding hydrogens is 428 g/mol. The van der Waals surface area contributed by atoms with Gasteiger partial charge >= 0.3 is 0 Å². The number of nitrogens with two attached hydrogens (primary N) is 1. The molecule has 0 radical (unpaired) electrons. The van der Waals surface area contributed by atoms with Gasteiger partial charge in [-0.25, -0.2) is 18.4 Å². The largest absolute Gasteiger partial charge is 0.383 e. The van der Waals surface area contributed by atoms with E-state index in [4.69, 9.17) is 10.7 Å². The number of sulfone groups is 1. The number of fused-ring (bicyclic) bond motifs is 3. The Hall–Kier alpha value is -1.39. The summed E-state index contributed by atoms with van der Waals surface area (Å²) in [4.78, 5) is 26.1. The standard InChI is InChI=1S/C19H26N4O3S3/c1-3-23(12-8-9-29(25,26)10-12)18(24)11(2)27-19-21-16(20)15-13-6-4-5-7-14(13)28-17(15)22-19/h11-12H,3-10H2,1-2H3,(H2,20,21,22)/t11-,12-/m1/s1. The molecule has 0 unspecified atom stereocenters. The van der Waals surface area contributed by atoms with Gasteiger partial charge in [-0.05, 0) is 51.5 Å². The lowest BCUT2D eigenvalue weighted by Gasteiger charge is -2.29. The van der Waals surface area contributed by atoms with E-state index in [9.17, 15) is 13.2 Å². The van der Waals surface area contributed by atoms with Crippen molar-refractivity contribution in [2.24, 2.45) is 0 Å². The van der Waals surface area contributed by atoms with Gasteiger partial charge in [-0.15, -0.1) is 11.3 Å². The second-order valence-electron chi connectivity index (χ2n) is 7.72. The molecule has 1 aliphatic carbocycles. The number of aromatic nitrogens is 2. The maximum Gasteiger partial charge on any atom is 0.236 e. The average molecular weight is 455 g/mol. The molecule has 0 aromatic carbocycles. The molecule has 1 aliphatic heterocycles. The van der Waals surface area contributed by atoms with E-state index in [-0.39, 0.29) is 23.5 Å². The van der Waals surface area contributed by atoms with Gasteiger partial charge in [0, 0.05) is 17.5 Å².